The van der Waals surface area contributed by atoms with E-state index in [1.165, 1.54) is 0 Å². The molecule has 0 radical (unpaired) electrons. The van der Waals surface area contributed by atoms with Crippen LogP contribution in [0.4, 0.5) is 5.69 Å². The number of nitrogens with zero attached hydrogens (tertiary/aromatic N) is 4. The zero-order chi connectivity index (χ0) is 9.97. The molecule has 0 unspecified atom stereocenters. The number of hydrogen-bond acceptors (Lipinski definition) is 5. The molecule has 0 aliphatic rings. The average molecular weight is 191 g/mol. The summed E-state index contributed by atoms with van der Waals surface area (Å²) in [5.41, 5.74) is 3.36. The molecule has 72 valence electrons. The quantitative estimate of drug-likeness (QED) is 0.686. The average Bonchev–Trinajstić information content (AvgIpc) is 2.64. The molecule has 2 N–H and O–H groups in total. The van der Waals surface area contributed by atoms with Crippen LogP contribution in [-0.4, -0.2) is 25.4 Å². The first kappa shape index (κ1) is 8.64. The second-order valence-corrected chi connectivity index (χ2v) is 2.77. The predicted octanol–water partition coefficient (Wildman–Crippen LogP) is 0.772. The minimum Gasteiger partial charge on any atom is -0.291 e. The highest BCUT2D eigenvalue weighted by molar-refractivity contribution is 5.59. The van der Waals surface area contributed by atoms with Gasteiger partial charge in [-0.3, -0.25) is 10.7 Å². The Morgan fingerprint density at radius 1 is 1.36 bits per heavy atom. The largest absolute Gasteiger partial charge is 0.291 e. The number of aryl methyl sites for hydroxylation is 1. The van der Waals surface area contributed by atoms with E-state index in [2.05, 4.69) is 21.0 Å². The normalized spacial score (nSPS) is 10.1. The van der Waals surface area contributed by atoms with Gasteiger partial charge >= 0.3 is 0 Å². The third kappa shape index (κ3) is 1.31. The highest BCUT2D eigenvalue weighted by Gasteiger charge is 2.07. The summed E-state index contributed by atoms with van der Waals surface area (Å²) in [6.45, 7) is 1.79. The molecule has 2 rings (SSSR count). The number of anilines is 1. The first-order valence-corrected chi connectivity index (χ1v) is 4.07. The van der Waals surface area contributed by atoms with Crippen LogP contribution in [0.15, 0.2) is 24.3 Å². The summed E-state index contributed by atoms with van der Waals surface area (Å²) in [5, 5.41) is 20.0. The van der Waals surface area contributed by atoms with Crippen molar-refractivity contribution in [3.8, 4) is 5.69 Å². The first-order chi connectivity index (χ1) is 6.83. The number of benzene rings is 1. The van der Waals surface area contributed by atoms with Gasteiger partial charge in [-0.2, -0.15) is 4.68 Å². The molecule has 0 saturated heterocycles. The molecule has 0 spiro atoms. The Morgan fingerprint density at radius 2 is 2.14 bits per heavy atom. The number of para-hydroxylation sites is 2. The summed E-state index contributed by atoms with van der Waals surface area (Å²) in [6.07, 6.45) is 0. The molecular formula is C8H9N5O. The van der Waals surface area contributed by atoms with Gasteiger partial charge in [0.05, 0.1) is 11.4 Å². The van der Waals surface area contributed by atoms with Gasteiger partial charge in [0.1, 0.15) is 0 Å². The third-order valence-electron chi connectivity index (χ3n) is 1.88. The number of nitrogens with one attached hydrogen (secondary N) is 1. The Bertz CT molecular complexity index is 439. The lowest BCUT2D eigenvalue weighted by Crippen LogP contribution is -2.03. The Labute approximate surface area is 80.1 Å². The van der Waals surface area contributed by atoms with Crippen molar-refractivity contribution in [1.29, 1.82) is 0 Å². The zero-order valence-corrected chi connectivity index (χ0v) is 7.55. The van der Waals surface area contributed by atoms with E-state index in [9.17, 15) is 0 Å². The van der Waals surface area contributed by atoms with Gasteiger partial charge in [0, 0.05) is 0 Å². The van der Waals surface area contributed by atoms with E-state index in [1.807, 2.05) is 18.2 Å². The van der Waals surface area contributed by atoms with Crippen LogP contribution in [0.2, 0.25) is 0 Å². The van der Waals surface area contributed by atoms with Gasteiger partial charge in [0.2, 0.25) is 0 Å². The van der Waals surface area contributed by atoms with E-state index in [0.717, 1.165) is 0 Å². The minimum absolute atomic E-state index is 0.558. The van der Waals surface area contributed by atoms with E-state index in [4.69, 9.17) is 5.21 Å². The van der Waals surface area contributed by atoms with Crippen molar-refractivity contribution >= 4 is 5.69 Å². The maximum Gasteiger partial charge on any atom is 0.153 e. The third-order valence-corrected chi connectivity index (χ3v) is 1.88. The topological polar surface area (TPSA) is 75.9 Å². The van der Waals surface area contributed by atoms with Gasteiger partial charge in [-0.05, 0) is 29.5 Å². The molecule has 2 aromatic rings. The standard InChI is InChI=1S/C8H9N5O/c1-6-9-11-12-13(6)8-5-3-2-4-7(8)10-14/h2-5,10,14H,1H3. The zero-order valence-electron chi connectivity index (χ0n) is 7.55. The van der Waals surface area contributed by atoms with Gasteiger partial charge in [-0.15, -0.1) is 5.10 Å². The maximum absolute atomic E-state index is 8.88. The van der Waals surface area contributed by atoms with Gasteiger partial charge < -0.3 is 0 Å². The number of aromatic nitrogens is 4. The predicted molar refractivity (Wildman–Crippen MR) is 49.3 cm³/mol. The Kier molecular flexibility index (Phi) is 2.11. The Balaban J connectivity index is 2.56. The summed E-state index contributed by atoms with van der Waals surface area (Å²) >= 11 is 0. The summed E-state index contributed by atoms with van der Waals surface area (Å²) in [6, 6.07) is 7.19. The summed E-state index contributed by atoms with van der Waals surface area (Å²) < 4.78 is 1.54. The van der Waals surface area contributed by atoms with Crippen LogP contribution in [-0.2, 0) is 0 Å². The van der Waals surface area contributed by atoms with Crippen molar-refractivity contribution in [3.05, 3.63) is 30.1 Å². The van der Waals surface area contributed by atoms with Crippen molar-refractivity contribution in [2.24, 2.45) is 0 Å². The molecule has 0 atom stereocenters. The van der Waals surface area contributed by atoms with Crippen molar-refractivity contribution in [1.82, 2.24) is 20.2 Å². The van der Waals surface area contributed by atoms with Crippen molar-refractivity contribution < 1.29 is 5.21 Å². The van der Waals surface area contributed by atoms with Gasteiger partial charge in [-0.25, -0.2) is 0 Å². The minimum atomic E-state index is 0.558. The van der Waals surface area contributed by atoms with Crippen LogP contribution in [0.1, 0.15) is 5.82 Å². The Morgan fingerprint density at radius 3 is 2.79 bits per heavy atom. The second kappa shape index (κ2) is 3.43. The summed E-state index contributed by atoms with van der Waals surface area (Å²) in [7, 11) is 0. The van der Waals surface area contributed by atoms with Crippen LogP contribution in [0, 0.1) is 6.92 Å². The van der Waals surface area contributed by atoms with Gasteiger partial charge in [0.25, 0.3) is 0 Å². The van der Waals surface area contributed by atoms with Crippen LogP contribution in [0.3, 0.4) is 0 Å². The molecule has 0 amide bonds. The molecule has 1 heterocycles. The van der Waals surface area contributed by atoms with Crippen molar-refractivity contribution in [2.75, 3.05) is 5.48 Å². The molecule has 14 heavy (non-hydrogen) atoms. The molecule has 6 heteroatoms. The summed E-state index contributed by atoms with van der Waals surface area (Å²) in [4.78, 5) is 0. The highest BCUT2D eigenvalue weighted by atomic mass is 16.5. The maximum atomic E-state index is 8.88. The molecule has 1 aromatic carbocycles. The Hall–Kier alpha value is -1.95. The SMILES string of the molecule is Cc1nnnn1-c1ccccc1NO. The smallest absolute Gasteiger partial charge is 0.153 e. The number of hydrogen-bond donors (Lipinski definition) is 2. The van der Waals surface area contributed by atoms with Crippen molar-refractivity contribution in [3.63, 3.8) is 0 Å². The monoisotopic (exact) mass is 191 g/mol. The molecule has 0 aliphatic carbocycles. The number of tetrazole rings is 1. The fourth-order valence-corrected chi connectivity index (χ4v) is 1.21. The van der Waals surface area contributed by atoms with Crippen LogP contribution in [0.5, 0.6) is 0 Å². The number of rotatable bonds is 2. The van der Waals surface area contributed by atoms with E-state index in [1.54, 1.807) is 17.7 Å². The summed E-state index contributed by atoms with van der Waals surface area (Å²) in [5.74, 6) is 0.660. The van der Waals surface area contributed by atoms with E-state index in [-0.39, 0.29) is 0 Å². The lowest BCUT2D eigenvalue weighted by Gasteiger charge is -2.06. The molecule has 0 fully saturated rings. The van der Waals surface area contributed by atoms with Crippen LogP contribution >= 0.6 is 0 Å². The van der Waals surface area contributed by atoms with Gasteiger partial charge in [-0.1, -0.05) is 12.1 Å². The molecule has 6 nitrogen and oxygen atoms in total. The molecule has 1 aromatic heterocycles. The highest BCUT2D eigenvalue weighted by Crippen LogP contribution is 2.18. The molecular weight excluding hydrogens is 182 g/mol. The first-order valence-electron chi connectivity index (χ1n) is 4.07. The lowest BCUT2D eigenvalue weighted by molar-refractivity contribution is 0.388. The fraction of sp³-hybridized carbons (Fsp3) is 0.125. The van der Waals surface area contributed by atoms with Crippen LogP contribution < -0.4 is 5.48 Å². The second-order valence-electron chi connectivity index (χ2n) is 2.77. The van der Waals surface area contributed by atoms with E-state index < -0.39 is 0 Å². The molecule has 0 bridgehead atoms. The lowest BCUT2D eigenvalue weighted by atomic mass is 10.3. The van der Waals surface area contributed by atoms with Crippen LogP contribution in [0.25, 0.3) is 5.69 Å². The van der Waals surface area contributed by atoms with E-state index in [0.29, 0.717) is 17.2 Å². The molecule has 0 aliphatic heterocycles. The van der Waals surface area contributed by atoms with E-state index >= 15 is 0 Å². The molecule has 0 saturated carbocycles. The fourth-order valence-electron chi connectivity index (χ4n) is 1.21. The van der Waals surface area contributed by atoms with Crippen molar-refractivity contribution in [2.45, 2.75) is 6.92 Å². The van der Waals surface area contributed by atoms with Gasteiger partial charge in [0.15, 0.2) is 5.82 Å².